The molecule has 4 nitrogen and oxygen atoms in total. The molecule has 1 aromatic rings. The number of alkyl halides is 3. The first kappa shape index (κ1) is 12.2. The van der Waals surface area contributed by atoms with E-state index in [0.717, 1.165) is 6.07 Å². The molecular weight excluding hydrogens is 227 g/mol. The van der Waals surface area contributed by atoms with Gasteiger partial charge in [-0.05, 0) is 12.1 Å². The van der Waals surface area contributed by atoms with Crippen LogP contribution in [-0.4, -0.2) is 19.4 Å². The summed E-state index contributed by atoms with van der Waals surface area (Å²) >= 11 is 0. The highest BCUT2D eigenvalue weighted by atomic mass is 19.4. The largest absolute Gasteiger partial charge is 0.573 e. The number of hydrogen-bond acceptors (Lipinski definition) is 3. The third kappa shape index (κ3) is 2.78. The lowest BCUT2D eigenvalue weighted by Gasteiger charge is -2.13. The Hall–Kier alpha value is -1.92. The maximum Gasteiger partial charge on any atom is 0.573 e. The minimum Gasteiger partial charge on any atom is -0.496 e. The Morgan fingerprint density at radius 3 is 2.31 bits per heavy atom. The number of methoxy groups -OCH3 is 1. The number of ether oxygens (including phenoxy) is 2. The van der Waals surface area contributed by atoms with E-state index in [2.05, 4.69) is 4.74 Å². The van der Waals surface area contributed by atoms with E-state index >= 15 is 0 Å². The van der Waals surface area contributed by atoms with Crippen LogP contribution in [0.4, 0.5) is 13.2 Å². The van der Waals surface area contributed by atoms with Gasteiger partial charge in [0.2, 0.25) is 0 Å². The fourth-order valence-corrected chi connectivity index (χ4v) is 1.13. The van der Waals surface area contributed by atoms with E-state index < -0.39 is 23.6 Å². The van der Waals surface area contributed by atoms with Crippen molar-refractivity contribution in [3.05, 3.63) is 23.8 Å². The molecule has 0 bridgehead atoms. The fourth-order valence-electron chi connectivity index (χ4n) is 1.13. The second kappa shape index (κ2) is 4.30. The Morgan fingerprint density at radius 2 is 1.88 bits per heavy atom. The average molecular weight is 235 g/mol. The summed E-state index contributed by atoms with van der Waals surface area (Å²) < 4.78 is 44.4. The lowest BCUT2D eigenvalue weighted by molar-refractivity contribution is -0.274. The van der Waals surface area contributed by atoms with Crippen LogP contribution >= 0.6 is 0 Å². The molecule has 0 spiro atoms. The highest BCUT2D eigenvalue weighted by molar-refractivity contribution is 5.98. The lowest BCUT2D eigenvalue weighted by atomic mass is 10.1. The van der Waals surface area contributed by atoms with Gasteiger partial charge < -0.3 is 15.2 Å². The van der Waals surface area contributed by atoms with Crippen LogP contribution in [0.2, 0.25) is 0 Å². The maximum absolute atomic E-state index is 12.0. The summed E-state index contributed by atoms with van der Waals surface area (Å²) in [4.78, 5) is 11.0. The molecule has 0 heterocycles. The molecule has 88 valence electrons. The topological polar surface area (TPSA) is 61.6 Å². The fraction of sp³-hybridized carbons (Fsp3) is 0.222. The highest BCUT2D eigenvalue weighted by Crippen LogP contribution is 2.31. The second-order valence-electron chi connectivity index (χ2n) is 2.75. The number of carbonyl (C=O) groups excluding carboxylic acids is 1. The Bertz CT molecular complexity index is 403. The summed E-state index contributed by atoms with van der Waals surface area (Å²) in [7, 11) is 1.21. The summed E-state index contributed by atoms with van der Waals surface area (Å²) in [5.41, 5.74) is 4.50. The summed E-state index contributed by atoms with van der Waals surface area (Å²) in [5, 5.41) is 0. The standard InChI is InChI=1S/C9H8F3NO3/c1-15-5-3-2-4-6(7(5)8(13)14)16-9(10,11)12/h2-4H,1H3,(H2,13,14). The van der Waals surface area contributed by atoms with Crippen LogP contribution in [0.1, 0.15) is 10.4 Å². The van der Waals surface area contributed by atoms with Crippen LogP contribution in [0.25, 0.3) is 0 Å². The molecule has 0 saturated carbocycles. The number of rotatable bonds is 3. The molecule has 1 aromatic carbocycles. The first-order valence-corrected chi connectivity index (χ1v) is 4.07. The van der Waals surface area contributed by atoms with E-state index in [1.165, 1.54) is 19.2 Å². The SMILES string of the molecule is COc1cccc(OC(F)(F)F)c1C(N)=O. The van der Waals surface area contributed by atoms with Gasteiger partial charge in [-0.2, -0.15) is 0 Å². The smallest absolute Gasteiger partial charge is 0.496 e. The van der Waals surface area contributed by atoms with Gasteiger partial charge in [-0.15, -0.1) is 13.2 Å². The molecular formula is C9H8F3NO3. The van der Waals surface area contributed by atoms with Crippen LogP contribution in [0.5, 0.6) is 11.5 Å². The van der Waals surface area contributed by atoms with Crippen LogP contribution < -0.4 is 15.2 Å². The zero-order valence-electron chi connectivity index (χ0n) is 8.17. The van der Waals surface area contributed by atoms with Crippen molar-refractivity contribution in [2.45, 2.75) is 6.36 Å². The van der Waals surface area contributed by atoms with Crippen molar-refractivity contribution in [3.8, 4) is 11.5 Å². The molecule has 0 aliphatic heterocycles. The normalized spacial score (nSPS) is 11.0. The van der Waals surface area contributed by atoms with Gasteiger partial charge in [0.25, 0.3) is 5.91 Å². The molecule has 1 amide bonds. The number of amides is 1. The maximum atomic E-state index is 12.0. The first-order valence-electron chi connectivity index (χ1n) is 4.07. The van der Waals surface area contributed by atoms with Crippen molar-refractivity contribution in [1.29, 1.82) is 0 Å². The minimum absolute atomic E-state index is 0.0748. The predicted molar refractivity (Wildman–Crippen MR) is 48.2 cm³/mol. The molecule has 0 saturated heterocycles. The van der Waals surface area contributed by atoms with Crippen molar-refractivity contribution < 1.29 is 27.4 Å². The third-order valence-corrected chi connectivity index (χ3v) is 1.68. The molecule has 0 radical (unpaired) electrons. The van der Waals surface area contributed by atoms with Crippen molar-refractivity contribution in [3.63, 3.8) is 0 Å². The van der Waals surface area contributed by atoms with Crippen LogP contribution in [0.3, 0.4) is 0 Å². The third-order valence-electron chi connectivity index (χ3n) is 1.68. The molecule has 0 atom stereocenters. The number of halogens is 3. The van der Waals surface area contributed by atoms with E-state index in [0.29, 0.717) is 0 Å². The van der Waals surface area contributed by atoms with Crippen LogP contribution in [0, 0.1) is 0 Å². The molecule has 16 heavy (non-hydrogen) atoms. The Labute approximate surface area is 88.8 Å². The van der Waals surface area contributed by atoms with Crippen LogP contribution in [0.15, 0.2) is 18.2 Å². The molecule has 0 aromatic heterocycles. The number of nitrogens with two attached hydrogens (primary N) is 1. The number of primary amides is 1. The summed E-state index contributed by atoms with van der Waals surface area (Å²) in [6.45, 7) is 0. The van der Waals surface area contributed by atoms with Gasteiger partial charge in [0.15, 0.2) is 0 Å². The predicted octanol–water partition coefficient (Wildman–Crippen LogP) is 1.69. The highest BCUT2D eigenvalue weighted by Gasteiger charge is 2.33. The van der Waals surface area contributed by atoms with Gasteiger partial charge in [-0.25, -0.2) is 0 Å². The van der Waals surface area contributed by atoms with Crippen molar-refractivity contribution >= 4 is 5.91 Å². The monoisotopic (exact) mass is 235 g/mol. The van der Waals surface area contributed by atoms with Crippen LogP contribution in [-0.2, 0) is 0 Å². The summed E-state index contributed by atoms with van der Waals surface area (Å²) in [6, 6.07) is 3.55. The Kier molecular flexibility index (Phi) is 3.26. The Balaban J connectivity index is 3.22. The zero-order valence-corrected chi connectivity index (χ0v) is 8.17. The van der Waals surface area contributed by atoms with E-state index in [1.54, 1.807) is 0 Å². The van der Waals surface area contributed by atoms with Gasteiger partial charge in [-0.1, -0.05) is 6.07 Å². The second-order valence-corrected chi connectivity index (χ2v) is 2.75. The van der Waals surface area contributed by atoms with Gasteiger partial charge in [0.1, 0.15) is 17.1 Å². The summed E-state index contributed by atoms with van der Waals surface area (Å²) in [5.74, 6) is -1.81. The van der Waals surface area contributed by atoms with Gasteiger partial charge in [0.05, 0.1) is 7.11 Å². The summed E-state index contributed by atoms with van der Waals surface area (Å²) in [6.07, 6.45) is -4.89. The van der Waals surface area contributed by atoms with Crippen molar-refractivity contribution in [2.24, 2.45) is 5.73 Å². The van der Waals surface area contributed by atoms with Gasteiger partial charge in [-0.3, -0.25) is 4.79 Å². The van der Waals surface area contributed by atoms with Gasteiger partial charge in [0, 0.05) is 0 Å². The van der Waals surface area contributed by atoms with E-state index in [1.807, 2.05) is 0 Å². The van der Waals surface area contributed by atoms with E-state index in [4.69, 9.17) is 10.5 Å². The molecule has 2 N–H and O–H groups in total. The quantitative estimate of drug-likeness (QED) is 0.867. The molecule has 7 heteroatoms. The molecule has 1 rings (SSSR count). The van der Waals surface area contributed by atoms with Gasteiger partial charge >= 0.3 is 6.36 Å². The molecule has 0 unspecified atom stereocenters. The molecule has 0 aliphatic rings. The van der Waals surface area contributed by atoms with Crippen molar-refractivity contribution in [2.75, 3.05) is 7.11 Å². The first-order chi connectivity index (χ1) is 7.35. The molecule has 0 fully saturated rings. The lowest BCUT2D eigenvalue weighted by Crippen LogP contribution is -2.21. The van der Waals surface area contributed by atoms with Crippen molar-refractivity contribution in [1.82, 2.24) is 0 Å². The minimum atomic E-state index is -4.89. The number of carbonyl (C=O) groups is 1. The van der Waals surface area contributed by atoms with E-state index in [9.17, 15) is 18.0 Å². The molecule has 0 aliphatic carbocycles. The Morgan fingerprint density at radius 1 is 1.31 bits per heavy atom. The van der Waals surface area contributed by atoms with E-state index in [-0.39, 0.29) is 5.75 Å². The average Bonchev–Trinajstić information content (AvgIpc) is 2.14. The number of hydrogen-bond donors (Lipinski definition) is 1. The number of benzene rings is 1. The zero-order chi connectivity index (χ0) is 12.3.